The van der Waals surface area contributed by atoms with Crippen LogP contribution in [0.4, 0.5) is 17.1 Å². The summed E-state index contributed by atoms with van der Waals surface area (Å²) in [4.78, 5) is 43.0. The summed E-state index contributed by atoms with van der Waals surface area (Å²) in [5, 5.41) is 2.94. The smallest absolute Gasteiger partial charge is 0.245 e. The Morgan fingerprint density at radius 2 is 1.69 bits per heavy atom. The number of likely N-dealkylation sites (N-methyl/N-ethyl adjacent to an activating group) is 1. The highest BCUT2D eigenvalue weighted by atomic mass is 16.2. The van der Waals surface area contributed by atoms with Crippen molar-refractivity contribution in [1.82, 2.24) is 9.80 Å². The van der Waals surface area contributed by atoms with Gasteiger partial charge >= 0.3 is 0 Å². The Kier molecular flexibility index (Phi) is 8.53. The van der Waals surface area contributed by atoms with Crippen LogP contribution in [0.3, 0.4) is 0 Å². The van der Waals surface area contributed by atoms with Gasteiger partial charge in [0.1, 0.15) is 6.29 Å². The Morgan fingerprint density at radius 3 is 2.38 bits per heavy atom. The zero-order valence-corrected chi connectivity index (χ0v) is 18.9. The Balaban J connectivity index is 1.83. The molecule has 1 saturated heterocycles. The molecule has 1 aliphatic rings. The Hall–Kier alpha value is -3.03. The fraction of sp³-hybridized carbons (Fsp3) is 0.400. The van der Waals surface area contributed by atoms with Crippen LogP contribution < -0.4 is 10.2 Å². The van der Waals surface area contributed by atoms with Crippen LogP contribution in [-0.2, 0) is 14.4 Å². The van der Waals surface area contributed by atoms with Crippen LogP contribution in [0.15, 0.2) is 54.6 Å². The fourth-order valence-corrected chi connectivity index (χ4v) is 3.68. The van der Waals surface area contributed by atoms with Crippen molar-refractivity contribution < 1.29 is 14.4 Å². The van der Waals surface area contributed by atoms with Crippen molar-refractivity contribution in [3.05, 3.63) is 54.6 Å². The highest BCUT2D eigenvalue weighted by molar-refractivity contribution is 6.06. The van der Waals surface area contributed by atoms with Gasteiger partial charge in [0, 0.05) is 44.2 Å². The van der Waals surface area contributed by atoms with E-state index in [0.717, 1.165) is 38.2 Å². The summed E-state index contributed by atoms with van der Waals surface area (Å²) in [6.07, 6.45) is 1.59. The van der Waals surface area contributed by atoms with E-state index in [-0.39, 0.29) is 24.2 Å². The van der Waals surface area contributed by atoms with Gasteiger partial charge in [0.15, 0.2) is 0 Å². The van der Waals surface area contributed by atoms with Crippen LogP contribution >= 0.6 is 0 Å². The number of rotatable bonds is 9. The van der Waals surface area contributed by atoms with Crippen LogP contribution in [0.1, 0.15) is 19.8 Å². The van der Waals surface area contributed by atoms with Crippen LogP contribution in [0.2, 0.25) is 0 Å². The van der Waals surface area contributed by atoms with E-state index in [1.165, 1.54) is 0 Å². The van der Waals surface area contributed by atoms with Crippen molar-refractivity contribution in [2.45, 2.75) is 19.8 Å². The predicted molar refractivity (Wildman–Crippen MR) is 127 cm³/mol. The Morgan fingerprint density at radius 1 is 1.03 bits per heavy atom. The largest absolute Gasteiger partial charge is 0.324 e. The first kappa shape index (κ1) is 23.6. The normalized spacial score (nSPS) is 15.7. The molecule has 0 spiro atoms. The standard InChI is InChI=1S/C25H32N4O3/c1-20(19-30)12-13-24(31)26-22-10-6-7-11-23(22)29(21-8-4-3-5-9-21)25(32)18-28-16-14-27(2)15-17-28/h3-11,19-20H,12-18H2,1-2H3,(H,26,31). The highest BCUT2D eigenvalue weighted by Gasteiger charge is 2.25. The number of benzene rings is 2. The Labute approximate surface area is 190 Å². The number of amides is 2. The minimum Gasteiger partial charge on any atom is -0.324 e. The van der Waals surface area contributed by atoms with Gasteiger partial charge in [-0.25, -0.2) is 0 Å². The van der Waals surface area contributed by atoms with Gasteiger partial charge in [-0.05, 0) is 37.7 Å². The number of carbonyl (C=O) groups excluding carboxylic acids is 3. The molecule has 1 atom stereocenters. The summed E-state index contributed by atoms with van der Waals surface area (Å²) in [6.45, 7) is 5.66. The maximum atomic E-state index is 13.5. The minimum atomic E-state index is -0.175. The molecular weight excluding hydrogens is 404 g/mol. The summed E-state index contributed by atoms with van der Waals surface area (Å²) in [5.41, 5.74) is 1.96. The zero-order valence-electron chi connectivity index (χ0n) is 18.9. The third-order valence-electron chi connectivity index (χ3n) is 5.70. The second-order valence-electron chi connectivity index (χ2n) is 8.36. The second-order valence-corrected chi connectivity index (χ2v) is 8.36. The number of carbonyl (C=O) groups is 3. The van der Waals surface area contributed by atoms with Crippen molar-refractivity contribution in [1.29, 1.82) is 0 Å². The molecule has 7 heteroatoms. The number of aldehydes is 1. The molecule has 1 aliphatic heterocycles. The third kappa shape index (κ3) is 6.48. The van der Waals surface area contributed by atoms with Gasteiger partial charge in [0.25, 0.3) is 0 Å². The number of anilines is 3. The first-order valence-electron chi connectivity index (χ1n) is 11.1. The summed E-state index contributed by atoms with van der Waals surface area (Å²) in [7, 11) is 2.09. The van der Waals surface area contributed by atoms with Gasteiger partial charge < -0.3 is 15.0 Å². The van der Waals surface area contributed by atoms with Crippen molar-refractivity contribution in [2.75, 3.05) is 50.0 Å². The molecule has 0 radical (unpaired) electrons. The molecule has 1 N–H and O–H groups in total. The number of piperazine rings is 1. The molecule has 1 fully saturated rings. The quantitative estimate of drug-likeness (QED) is 0.612. The van der Waals surface area contributed by atoms with Gasteiger partial charge in [0.2, 0.25) is 11.8 Å². The molecule has 2 amide bonds. The van der Waals surface area contributed by atoms with E-state index in [0.29, 0.717) is 24.3 Å². The second kappa shape index (κ2) is 11.5. The number of nitrogens with one attached hydrogen (secondary N) is 1. The first-order chi connectivity index (χ1) is 15.5. The average Bonchev–Trinajstić information content (AvgIpc) is 2.81. The fourth-order valence-electron chi connectivity index (χ4n) is 3.68. The van der Waals surface area contributed by atoms with E-state index in [4.69, 9.17) is 0 Å². The first-order valence-corrected chi connectivity index (χ1v) is 11.1. The number of hydrogen-bond acceptors (Lipinski definition) is 5. The summed E-state index contributed by atoms with van der Waals surface area (Å²) >= 11 is 0. The lowest BCUT2D eigenvalue weighted by Gasteiger charge is -2.34. The molecule has 2 aromatic carbocycles. The van der Waals surface area contributed by atoms with Crippen LogP contribution in [-0.4, -0.2) is 67.7 Å². The molecule has 3 rings (SSSR count). The molecule has 1 unspecified atom stereocenters. The van der Waals surface area contributed by atoms with Gasteiger partial charge in [-0.2, -0.15) is 0 Å². The molecule has 1 heterocycles. The van der Waals surface area contributed by atoms with Crippen molar-refractivity contribution in [2.24, 2.45) is 5.92 Å². The molecule has 7 nitrogen and oxygen atoms in total. The molecule has 32 heavy (non-hydrogen) atoms. The SMILES string of the molecule is CC(C=O)CCC(=O)Nc1ccccc1N(C(=O)CN1CCN(C)CC1)c1ccccc1. The molecule has 170 valence electrons. The van der Waals surface area contributed by atoms with E-state index < -0.39 is 0 Å². The summed E-state index contributed by atoms with van der Waals surface area (Å²) < 4.78 is 0. The van der Waals surface area contributed by atoms with Gasteiger partial charge in [-0.3, -0.25) is 19.4 Å². The summed E-state index contributed by atoms with van der Waals surface area (Å²) in [5.74, 6) is -0.385. The van der Waals surface area contributed by atoms with Gasteiger partial charge in [0.05, 0.1) is 17.9 Å². The highest BCUT2D eigenvalue weighted by Crippen LogP contribution is 2.32. The van der Waals surface area contributed by atoms with E-state index in [1.807, 2.05) is 48.5 Å². The van der Waals surface area contributed by atoms with E-state index in [9.17, 15) is 14.4 Å². The zero-order chi connectivity index (χ0) is 22.9. The van der Waals surface area contributed by atoms with Crippen molar-refractivity contribution in [3.8, 4) is 0 Å². The molecule has 0 aliphatic carbocycles. The molecular formula is C25H32N4O3. The molecule has 0 aromatic heterocycles. The molecule has 2 aromatic rings. The predicted octanol–water partition coefficient (Wildman–Crippen LogP) is 3.15. The lowest BCUT2D eigenvalue weighted by Crippen LogP contribution is -2.48. The van der Waals surface area contributed by atoms with Crippen molar-refractivity contribution in [3.63, 3.8) is 0 Å². The topological polar surface area (TPSA) is 73.0 Å². The molecule has 0 bridgehead atoms. The average molecular weight is 437 g/mol. The van der Waals surface area contributed by atoms with E-state index >= 15 is 0 Å². The third-order valence-corrected chi connectivity index (χ3v) is 5.70. The minimum absolute atomic E-state index is 0.0444. The van der Waals surface area contributed by atoms with E-state index in [1.54, 1.807) is 17.9 Å². The van der Waals surface area contributed by atoms with Gasteiger partial charge in [-0.15, -0.1) is 0 Å². The maximum absolute atomic E-state index is 13.5. The van der Waals surface area contributed by atoms with E-state index in [2.05, 4.69) is 22.2 Å². The lowest BCUT2D eigenvalue weighted by molar-refractivity contribution is -0.119. The Bertz CT molecular complexity index is 910. The monoisotopic (exact) mass is 436 g/mol. The maximum Gasteiger partial charge on any atom is 0.245 e. The number of para-hydroxylation sites is 3. The molecule has 0 saturated carbocycles. The van der Waals surface area contributed by atoms with Gasteiger partial charge in [-0.1, -0.05) is 37.3 Å². The lowest BCUT2D eigenvalue weighted by atomic mass is 10.1. The van der Waals surface area contributed by atoms with Crippen LogP contribution in [0, 0.1) is 5.92 Å². The van der Waals surface area contributed by atoms with Crippen molar-refractivity contribution >= 4 is 35.2 Å². The van der Waals surface area contributed by atoms with Crippen LogP contribution in [0.5, 0.6) is 0 Å². The number of hydrogen-bond donors (Lipinski definition) is 1. The van der Waals surface area contributed by atoms with Crippen LogP contribution in [0.25, 0.3) is 0 Å². The summed E-state index contributed by atoms with van der Waals surface area (Å²) in [6, 6.07) is 16.8. The number of nitrogens with zero attached hydrogens (tertiary/aromatic N) is 3.